The summed E-state index contributed by atoms with van der Waals surface area (Å²) in [4.78, 5) is 86.8. The zero-order valence-corrected chi connectivity index (χ0v) is 47.0. The molecule has 1 aliphatic carbocycles. The number of carbonyl (C=O) groups is 5. The van der Waals surface area contributed by atoms with Gasteiger partial charge in [-0.3, -0.25) is 24.0 Å². The average Bonchev–Trinajstić information content (AvgIpc) is 3.79. The molecule has 0 bridgehead atoms. The van der Waals surface area contributed by atoms with Gasteiger partial charge in [0.25, 0.3) is 0 Å². The standard InChI is InChI=1S/C59H75Cl2N9O7/c1-62-29-13-18-51-57(73)65-49(38-76-7)59(75)67(4)46(31-40-19-24-44(60)25-20-40)34-55(71)64-48-16-11-12-17-50(48)69(6)58(74)43(30-39-14-9-8-10-15-39)32-56(72)70(51)36-42-21-26-45(61)33-53(42)77-47-27-22-41(23-28-47)52-35-63-54(68(52)5)37-66(2)3/h8-10,14-15,19-28,33,35,43,46,48-51,62H,11-13,16-18,29-32,34,36-38H2,1-7H3,(H,64,71)(H,65,73)/t43-,46+,48+,49+,50+,51+/m1/s1. The second-order valence-electron chi connectivity index (χ2n) is 20.7. The normalized spacial score (nSPS) is 21.4. The number of nitrogens with one attached hydrogen (secondary N) is 3. The number of aromatic nitrogens is 2. The Morgan fingerprint density at radius 1 is 0.792 bits per heavy atom. The molecule has 0 radical (unpaired) electrons. The van der Waals surface area contributed by atoms with Gasteiger partial charge < -0.3 is 49.6 Å². The Bertz CT molecular complexity index is 2780. The number of nitrogens with zero attached hydrogens (tertiary/aromatic N) is 6. The fourth-order valence-electron chi connectivity index (χ4n) is 10.6. The summed E-state index contributed by atoms with van der Waals surface area (Å²) in [5.74, 6) is -1.07. The molecule has 2 fully saturated rings. The van der Waals surface area contributed by atoms with Crippen LogP contribution >= 0.6 is 23.2 Å². The Kier molecular flexibility index (Phi) is 21.1. The number of fused-ring (bicyclic) bond motifs is 1. The van der Waals surface area contributed by atoms with Crippen LogP contribution in [0.15, 0.2) is 103 Å². The molecule has 1 aliphatic heterocycles. The molecule has 0 unspecified atom stereocenters. The molecule has 3 N–H and O–H groups in total. The maximum Gasteiger partial charge on any atom is 0.247 e. The Labute approximate surface area is 463 Å². The van der Waals surface area contributed by atoms with Gasteiger partial charge in [0.1, 0.15) is 29.4 Å². The first-order chi connectivity index (χ1) is 37.0. The maximum absolute atomic E-state index is 15.7. The predicted molar refractivity (Wildman–Crippen MR) is 300 cm³/mol. The second kappa shape index (κ2) is 27.8. The number of ether oxygens (including phenoxy) is 2. The number of likely N-dealkylation sites (N-methyl/N-ethyl adjacent to an activating group) is 2. The predicted octanol–water partition coefficient (Wildman–Crippen LogP) is 7.68. The number of amides is 5. The summed E-state index contributed by atoms with van der Waals surface area (Å²) in [6, 6.07) is 25.9. The lowest BCUT2D eigenvalue weighted by molar-refractivity contribution is -0.148. The molecular weight excluding hydrogens is 1020 g/mol. The molecule has 18 heteroatoms. The van der Waals surface area contributed by atoms with E-state index in [1.807, 2.05) is 101 Å². The first kappa shape index (κ1) is 58.4. The molecule has 5 amide bonds. The van der Waals surface area contributed by atoms with Crippen LogP contribution in [0.25, 0.3) is 11.3 Å². The van der Waals surface area contributed by atoms with Gasteiger partial charge in [-0.15, -0.1) is 0 Å². The van der Waals surface area contributed by atoms with Crippen molar-refractivity contribution < 1.29 is 33.4 Å². The van der Waals surface area contributed by atoms with Crippen LogP contribution < -0.4 is 20.7 Å². The molecular formula is C59H75Cl2N9O7. The van der Waals surface area contributed by atoms with Crippen molar-refractivity contribution in [1.82, 2.24) is 45.1 Å². The third-order valence-corrected chi connectivity index (χ3v) is 15.3. The third-order valence-electron chi connectivity index (χ3n) is 14.9. The van der Waals surface area contributed by atoms with Crippen LogP contribution in [-0.4, -0.2) is 144 Å². The summed E-state index contributed by atoms with van der Waals surface area (Å²) in [7, 11) is 12.6. The van der Waals surface area contributed by atoms with Gasteiger partial charge >= 0.3 is 0 Å². The molecule has 6 atom stereocenters. The van der Waals surface area contributed by atoms with Crippen LogP contribution in [0, 0.1) is 5.92 Å². The SMILES string of the molecule is CNCCC[C@H]1C(=O)N[C@@H](COC)C(=O)N(C)[C@@H](Cc2ccc(Cl)cc2)CC(=O)N[C@H]2CCCC[C@@H]2N(C)C(=O)[C@H](Cc2ccccc2)CC(=O)N1Cc1ccc(Cl)cc1Oc1ccc(-c2cnc(CN(C)C)n2C)cc1. The number of benzene rings is 4. The summed E-state index contributed by atoms with van der Waals surface area (Å²) < 4.78 is 14.3. The fraction of sp³-hybridized carbons (Fsp3) is 0.458. The monoisotopic (exact) mass is 1090 g/mol. The largest absolute Gasteiger partial charge is 0.457 e. The number of halogens is 2. The van der Waals surface area contributed by atoms with Crippen LogP contribution in [-0.2, 0) is 61.7 Å². The molecule has 16 nitrogen and oxygen atoms in total. The van der Waals surface area contributed by atoms with E-state index in [0.29, 0.717) is 65.9 Å². The van der Waals surface area contributed by atoms with E-state index < -0.39 is 41.8 Å². The lowest BCUT2D eigenvalue weighted by atomic mass is 9.87. The number of hydrogen-bond acceptors (Lipinski definition) is 10. The Balaban J connectivity index is 1.30. The van der Waals surface area contributed by atoms with E-state index in [0.717, 1.165) is 41.1 Å². The Hall–Kier alpha value is -6.30. The first-order valence-corrected chi connectivity index (χ1v) is 27.4. The third kappa shape index (κ3) is 15.7. The molecule has 7 rings (SSSR count). The highest BCUT2D eigenvalue weighted by Crippen LogP contribution is 2.34. The van der Waals surface area contributed by atoms with Crippen LogP contribution in [0.2, 0.25) is 10.0 Å². The quantitative estimate of drug-likeness (QED) is 0.0786. The zero-order valence-electron chi connectivity index (χ0n) is 45.5. The number of imidazole rings is 1. The fourth-order valence-corrected chi connectivity index (χ4v) is 10.9. The molecule has 2 aliphatic rings. The van der Waals surface area contributed by atoms with Gasteiger partial charge in [0, 0.05) is 74.4 Å². The van der Waals surface area contributed by atoms with E-state index in [1.54, 1.807) is 49.3 Å². The van der Waals surface area contributed by atoms with Crippen molar-refractivity contribution in [2.24, 2.45) is 13.0 Å². The van der Waals surface area contributed by atoms with Crippen LogP contribution in [0.4, 0.5) is 0 Å². The van der Waals surface area contributed by atoms with E-state index in [1.165, 1.54) is 16.9 Å². The van der Waals surface area contributed by atoms with Crippen molar-refractivity contribution >= 4 is 52.7 Å². The van der Waals surface area contributed by atoms with E-state index in [4.69, 9.17) is 32.7 Å². The maximum atomic E-state index is 15.7. The van der Waals surface area contributed by atoms with Crippen molar-refractivity contribution in [2.75, 3.05) is 55.5 Å². The van der Waals surface area contributed by atoms with Crippen molar-refractivity contribution in [3.8, 4) is 22.8 Å². The van der Waals surface area contributed by atoms with Crippen LogP contribution in [0.3, 0.4) is 0 Å². The summed E-state index contributed by atoms with van der Waals surface area (Å²) in [6.45, 7) is 0.898. The molecule has 1 saturated heterocycles. The minimum Gasteiger partial charge on any atom is -0.457 e. The molecule has 77 heavy (non-hydrogen) atoms. The minimum absolute atomic E-state index is 0.0527. The van der Waals surface area contributed by atoms with E-state index >= 15 is 14.4 Å². The van der Waals surface area contributed by atoms with Crippen molar-refractivity contribution in [2.45, 2.75) is 108 Å². The lowest BCUT2D eigenvalue weighted by Crippen LogP contribution is -2.59. The van der Waals surface area contributed by atoms with Crippen molar-refractivity contribution in [3.05, 3.63) is 136 Å². The van der Waals surface area contributed by atoms with Gasteiger partial charge in [-0.25, -0.2) is 4.98 Å². The average molecular weight is 1090 g/mol. The molecule has 2 heterocycles. The van der Waals surface area contributed by atoms with Gasteiger partial charge in [-0.2, -0.15) is 0 Å². The van der Waals surface area contributed by atoms with Gasteiger partial charge in [-0.05, 0) is 126 Å². The first-order valence-electron chi connectivity index (χ1n) is 26.6. The van der Waals surface area contributed by atoms with Crippen molar-refractivity contribution in [1.29, 1.82) is 0 Å². The molecule has 4 aromatic carbocycles. The number of methoxy groups -OCH3 is 1. The highest BCUT2D eigenvalue weighted by molar-refractivity contribution is 6.31. The van der Waals surface area contributed by atoms with Crippen LogP contribution in [0.1, 0.15) is 73.9 Å². The van der Waals surface area contributed by atoms with E-state index in [-0.39, 0.29) is 62.7 Å². The molecule has 0 spiro atoms. The van der Waals surface area contributed by atoms with E-state index in [9.17, 15) is 9.59 Å². The number of hydrogen-bond donors (Lipinski definition) is 3. The van der Waals surface area contributed by atoms with Gasteiger partial charge in [0.2, 0.25) is 29.5 Å². The van der Waals surface area contributed by atoms with E-state index in [2.05, 4.69) is 30.4 Å². The van der Waals surface area contributed by atoms with Gasteiger partial charge in [0.05, 0.1) is 43.5 Å². The molecule has 1 saturated carbocycles. The highest BCUT2D eigenvalue weighted by atomic mass is 35.5. The summed E-state index contributed by atoms with van der Waals surface area (Å²) >= 11 is 13.0. The minimum atomic E-state index is -1.21. The van der Waals surface area contributed by atoms with Gasteiger partial charge in [0.15, 0.2) is 0 Å². The summed E-state index contributed by atoms with van der Waals surface area (Å²) in [6.07, 6.45) is 5.77. The number of carbonyl (C=O) groups excluding carboxylic acids is 5. The molecule has 412 valence electrons. The van der Waals surface area contributed by atoms with Gasteiger partial charge in [-0.1, -0.05) is 84.6 Å². The zero-order chi connectivity index (χ0) is 55.2. The smallest absolute Gasteiger partial charge is 0.247 e. The molecule has 5 aromatic rings. The lowest BCUT2D eigenvalue weighted by Gasteiger charge is -2.40. The van der Waals surface area contributed by atoms with Crippen LogP contribution in [0.5, 0.6) is 11.5 Å². The van der Waals surface area contributed by atoms with Crippen molar-refractivity contribution in [3.63, 3.8) is 0 Å². The summed E-state index contributed by atoms with van der Waals surface area (Å²) in [5.41, 5.74) is 4.16. The highest BCUT2D eigenvalue weighted by Gasteiger charge is 2.40. The number of rotatable bonds is 17. The second-order valence-corrected chi connectivity index (χ2v) is 21.6. The Morgan fingerprint density at radius 3 is 2.19 bits per heavy atom. The molecule has 1 aromatic heterocycles. The Morgan fingerprint density at radius 2 is 1.49 bits per heavy atom. The summed E-state index contributed by atoms with van der Waals surface area (Å²) in [5, 5.41) is 10.4. The topological polar surface area (TPSA) is 171 Å².